The molecule has 0 radical (unpaired) electrons. The molecule has 0 saturated heterocycles. The van der Waals surface area contributed by atoms with Crippen molar-refractivity contribution in [2.24, 2.45) is 0 Å². The number of rotatable bonds is 5. The Bertz CT molecular complexity index is 1130. The van der Waals surface area contributed by atoms with Crippen molar-refractivity contribution in [2.75, 3.05) is 5.32 Å². The number of benzene rings is 2. The van der Waals surface area contributed by atoms with Crippen LogP contribution in [-0.4, -0.2) is 21.0 Å². The highest BCUT2D eigenvalue weighted by atomic mass is 19.4. The molecule has 0 aliphatic heterocycles. The molecule has 0 amide bonds. The standard InChI is InChI=1S/C24H22F3N3O2/c25-24(26,27)23-29-19-13-6-2-5-11-18(19)21(30-23)28-14-16-10-7-12-17(20(16)22(31)32)15-8-3-1-4-9-15/h1,3-4,7-10,12H,2,5-6,11,13-14H2,(H,31,32)(H,28,29,30). The second-order valence-electron chi connectivity index (χ2n) is 7.74. The second kappa shape index (κ2) is 8.98. The second-order valence-corrected chi connectivity index (χ2v) is 7.74. The van der Waals surface area contributed by atoms with Crippen molar-refractivity contribution in [3.8, 4) is 11.1 Å². The Balaban J connectivity index is 1.72. The summed E-state index contributed by atoms with van der Waals surface area (Å²) in [5, 5.41) is 12.9. The fraction of sp³-hybridized carbons (Fsp3) is 0.292. The van der Waals surface area contributed by atoms with Crippen LogP contribution in [0.25, 0.3) is 11.1 Å². The normalized spacial score (nSPS) is 13.8. The highest BCUT2D eigenvalue weighted by molar-refractivity contribution is 5.97. The number of nitrogens with one attached hydrogen (secondary N) is 1. The van der Waals surface area contributed by atoms with E-state index < -0.39 is 18.0 Å². The predicted molar refractivity (Wildman–Crippen MR) is 114 cm³/mol. The molecule has 2 N–H and O–H groups in total. The Kier molecular flexibility index (Phi) is 6.12. The summed E-state index contributed by atoms with van der Waals surface area (Å²) in [4.78, 5) is 19.7. The number of hydrogen-bond donors (Lipinski definition) is 2. The van der Waals surface area contributed by atoms with Crippen molar-refractivity contribution in [1.82, 2.24) is 9.97 Å². The molecule has 8 heteroatoms. The zero-order chi connectivity index (χ0) is 22.7. The number of halogens is 3. The fourth-order valence-electron chi connectivity index (χ4n) is 4.08. The van der Waals surface area contributed by atoms with Crippen LogP contribution < -0.4 is 5.32 Å². The van der Waals surface area contributed by atoms with E-state index in [4.69, 9.17) is 0 Å². The number of carboxylic acid groups (broad SMARTS) is 1. The van der Waals surface area contributed by atoms with E-state index >= 15 is 0 Å². The minimum atomic E-state index is -4.66. The molecule has 0 unspecified atom stereocenters. The quantitative estimate of drug-likeness (QED) is 0.494. The molecule has 2 aromatic carbocycles. The summed E-state index contributed by atoms with van der Waals surface area (Å²) in [7, 11) is 0. The number of aromatic nitrogens is 2. The number of aryl methyl sites for hydroxylation is 1. The Morgan fingerprint density at radius 1 is 0.969 bits per heavy atom. The highest BCUT2D eigenvalue weighted by Gasteiger charge is 2.36. The molecule has 4 rings (SSSR count). The van der Waals surface area contributed by atoms with Gasteiger partial charge < -0.3 is 10.4 Å². The smallest absolute Gasteiger partial charge is 0.451 e. The Labute approximate surface area is 183 Å². The number of aromatic carboxylic acids is 1. The van der Waals surface area contributed by atoms with Gasteiger partial charge in [0.25, 0.3) is 0 Å². The van der Waals surface area contributed by atoms with Crippen LogP contribution in [0.5, 0.6) is 0 Å². The molecular weight excluding hydrogens is 419 g/mol. The molecule has 0 bridgehead atoms. The lowest BCUT2D eigenvalue weighted by molar-refractivity contribution is -0.145. The zero-order valence-electron chi connectivity index (χ0n) is 17.2. The van der Waals surface area contributed by atoms with Gasteiger partial charge in [-0.05, 0) is 42.4 Å². The summed E-state index contributed by atoms with van der Waals surface area (Å²) < 4.78 is 40.1. The predicted octanol–water partition coefficient (Wildman–Crippen LogP) is 5.74. The van der Waals surface area contributed by atoms with Crippen LogP contribution in [-0.2, 0) is 25.6 Å². The number of nitrogens with zero attached hydrogens (tertiary/aromatic N) is 2. The van der Waals surface area contributed by atoms with Gasteiger partial charge in [-0.1, -0.05) is 55.0 Å². The minimum Gasteiger partial charge on any atom is -0.478 e. The SMILES string of the molecule is O=C(O)c1c(CNc2nc(C(F)(F)F)nc3c2CCCCC3)cccc1-c1ccccc1. The average Bonchev–Trinajstić information content (AvgIpc) is 3.02. The molecule has 3 aromatic rings. The number of carboxylic acids is 1. The number of hydrogen-bond acceptors (Lipinski definition) is 4. The summed E-state index contributed by atoms with van der Waals surface area (Å²) in [5.41, 5.74) is 2.99. The van der Waals surface area contributed by atoms with E-state index in [1.807, 2.05) is 30.3 Å². The maximum Gasteiger partial charge on any atom is 0.451 e. The van der Waals surface area contributed by atoms with Crippen molar-refractivity contribution < 1.29 is 23.1 Å². The van der Waals surface area contributed by atoms with Crippen LogP contribution in [0.4, 0.5) is 19.0 Å². The van der Waals surface area contributed by atoms with Crippen molar-refractivity contribution in [3.05, 3.63) is 76.7 Å². The van der Waals surface area contributed by atoms with E-state index in [9.17, 15) is 23.1 Å². The van der Waals surface area contributed by atoms with Gasteiger partial charge in [0.1, 0.15) is 5.82 Å². The van der Waals surface area contributed by atoms with Crippen LogP contribution >= 0.6 is 0 Å². The van der Waals surface area contributed by atoms with E-state index in [0.717, 1.165) is 24.8 Å². The van der Waals surface area contributed by atoms with Crippen LogP contribution in [0.3, 0.4) is 0 Å². The largest absolute Gasteiger partial charge is 0.478 e. The van der Waals surface area contributed by atoms with Crippen molar-refractivity contribution in [1.29, 1.82) is 0 Å². The van der Waals surface area contributed by atoms with Gasteiger partial charge >= 0.3 is 12.1 Å². The first-order valence-electron chi connectivity index (χ1n) is 10.5. The molecule has 5 nitrogen and oxygen atoms in total. The summed E-state index contributed by atoms with van der Waals surface area (Å²) in [5.74, 6) is -2.14. The molecule has 0 saturated carbocycles. The first-order chi connectivity index (χ1) is 15.3. The molecule has 1 aromatic heterocycles. The van der Waals surface area contributed by atoms with Gasteiger partial charge in [-0.3, -0.25) is 0 Å². The van der Waals surface area contributed by atoms with E-state index in [0.29, 0.717) is 35.2 Å². The fourth-order valence-corrected chi connectivity index (χ4v) is 4.08. The third kappa shape index (κ3) is 4.59. The lowest BCUT2D eigenvalue weighted by Crippen LogP contribution is -2.18. The maximum absolute atomic E-state index is 13.4. The Hall–Kier alpha value is -3.42. The maximum atomic E-state index is 13.4. The lowest BCUT2D eigenvalue weighted by Gasteiger charge is -2.17. The monoisotopic (exact) mass is 441 g/mol. The molecule has 0 spiro atoms. The molecule has 0 fully saturated rings. The molecule has 0 atom stereocenters. The number of carbonyl (C=O) groups is 1. The van der Waals surface area contributed by atoms with Crippen LogP contribution in [0, 0.1) is 0 Å². The molecular formula is C24H22F3N3O2. The number of anilines is 1. The highest BCUT2D eigenvalue weighted by Crippen LogP contribution is 2.32. The zero-order valence-corrected chi connectivity index (χ0v) is 17.2. The molecule has 32 heavy (non-hydrogen) atoms. The Morgan fingerprint density at radius 2 is 1.72 bits per heavy atom. The van der Waals surface area contributed by atoms with E-state index in [1.54, 1.807) is 18.2 Å². The lowest BCUT2D eigenvalue weighted by atomic mass is 9.95. The Morgan fingerprint density at radius 3 is 2.44 bits per heavy atom. The van der Waals surface area contributed by atoms with Crippen molar-refractivity contribution in [3.63, 3.8) is 0 Å². The van der Waals surface area contributed by atoms with E-state index in [-0.39, 0.29) is 17.9 Å². The van der Waals surface area contributed by atoms with Crippen LogP contribution in [0.15, 0.2) is 48.5 Å². The minimum absolute atomic E-state index is 0.0308. The third-order valence-corrected chi connectivity index (χ3v) is 5.58. The van der Waals surface area contributed by atoms with Crippen molar-refractivity contribution >= 4 is 11.8 Å². The van der Waals surface area contributed by atoms with Crippen LogP contribution in [0.1, 0.15) is 52.3 Å². The number of alkyl halides is 3. The summed E-state index contributed by atoms with van der Waals surface area (Å²) in [6, 6.07) is 14.2. The van der Waals surface area contributed by atoms with E-state index in [1.165, 1.54) is 0 Å². The summed E-state index contributed by atoms with van der Waals surface area (Å²) in [6.07, 6.45) is -1.05. The number of fused-ring (bicyclic) bond motifs is 1. The molecule has 1 heterocycles. The van der Waals surface area contributed by atoms with Gasteiger partial charge in [-0.2, -0.15) is 13.2 Å². The summed E-state index contributed by atoms with van der Waals surface area (Å²) in [6.45, 7) is 0.0308. The van der Waals surface area contributed by atoms with Crippen LogP contribution in [0.2, 0.25) is 0 Å². The van der Waals surface area contributed by atoms with Gasteiger partial charge in [-0.25, -0.2) is 14.8 Å². The summed E-state index contributed by atoms with van der Waals surface area (Å²) >= 11 is 0. The third-order valence-electron chi connectivity index (χ3n) is 5.58. The van der Waals surface area contributed by atoms with Gasteiger partial charge in [0.05, 0.1) is 5.56 Å². The van der Waals surface area contributed by atoms with Gasteiger partial charge in [0.15, 0.2) is 0 Å². The van der Waals surface area contributed by atoms with Gasteiger partial charge in [0.2, 0.25) is 5.82 Å². The topological polar surface area (TPSA) is 75.1 Å². The van der Waals surface area contributed by atoms with E-state index in [2.05, 4.69) is 15.3 Å². The van der Waals surface area contributed by atoms with Gasteiger partial charge in [0, 0.05) is 17.8 Å². The first kappa shape index (κ1) is 21.8. The average molecular weight is 441 g/mol. The van der Waals surface area contributed by atoms with Gasteiger partial charge in [-0.15, -0.1) is 0 Å². The molecule has 1 aliphatic rings. The van der Waals surface area contributed by atoms with Crippen molar-refractivity contribution in [2.45, 2.75) is 44.8 Å². The first-order valence-corrected chi connectivity index (χ1v) is 10.5. The molecule has 1 aliphatic carbocycles. The molecule has 166 valence electrons.